The van der Waals surface area contributed by atoms with Gasteiger partial charge < -0.3 is 30.8 Å². The summed E-state index contributed by atoms with van der Waals surface area (Å²) in [5, 5.41) is 47.5. The van der Waals surface area contributed by atoms with Gasteiger partial charge >= 0.3 is 0 Å². The van der Waals surface area contributed by atoms with Gasteiger partial charge in [-0.05, 0) is 7.05 Å². The smallest absolute Gasteiger partial charge is 0.111 e. The van der Waals surface area contributed by atoms with Gasteiger partial charge in [0.05, 0.1) is 12.7 Å². The zero-order valence-corrected chi connectivity index (χ0v) is 7.46. The highest BCUT2D eigenvalue weighted by atomic mass is 16.4. The molecule has 0 aliphatic carbocycles. The van der Waals surface area contributed by atoms with Gasteiger partial charge in [0.25, 0.3) is 0 Å². The highest BCUT2D eigenvalue weighted by Gasteiger charge is 2.29. The lowest BCUT2D eigenvalue weighted by Crippen LogP contribution is -2.48. The molecule has 0 aliphatic heterocycles. The van der Waals surface area contributed by atoms with Crippen molar-refractivity contribution in [2.24, 2.45) is 0 Å². The largest absolute Gasteiger partial charge is 0.394 e. The van der Waals surface area contributed by atoms with E-state index in [-0.39, 0.29) is 6.54 Å². The Balaban J connectivity index is 3.99. The lowest BCUT2D eigenvalue weighted by molar-refractivity contribution is -0.113. The van der Waals surface area contributed by atoms with Gasteiger partial charge in [0, 0.05) is 6.54 Å². The van der Waals surface area contributed by atoms with E-state index in [2.05, 4.69) is 5.32 Å². The van der Waals surface area contributed by atoms with Gasteiger partial charge in [-0.25, -0.2) is 0 Å². The molecular formula is C7H17NO5. The first-order valence-electron chi connectivity index (χ1n) is 4.02. The van der Waals surface area contributed by atoms with Crippen LogP contribution >= 0.6 is 0 Å². The molecule has 6 nitrogen and oxygen atoms in total. The quantitative estimate of drug-likeness (QED) is 0.264. The van der Waals surface area contributed by atoms with E-state index in [0.717, 1.165) is 0 Å². The Morgan fingerprint density at radius 1 is 1.00 bits per heavy atom. The van der Waals surface area contributed by atoms with Gasteiger partial charge in [-0.1, -0.05) is 0 Å². The Bertz CT molecular complexity index is 134. The number of nitrogens with one attached hydrogen (secondary N) is 1. The number of likely N-dealkylation sites (N-methyl/N-ethyl adjacent to an activating group) is 1. The molecule has 0 bridgehead atoms. The fraction of sp³-hybridized carbons (Fsp3) is 1.00. The highest BCUT2D eigenvalue weighted by Crippen LogP contribution is 2.04. The number of aliphatic hydroxyl groups excluding tert-OH is 5. The van der Waals surface area contributed by atoms with Crippen molar-refractivity contribution in [1.82, 2.24) is 5.32 Å². The molecule has 13 heavy (non-hydrogen) atoms. The first-order valence-corrected chi connectivity index (χ1v) is 4.02. The lowest BCUT2D eigenvalue weighted by atomic mass is 10.0. The summed E-state index contributed by atoms with van der Waals surface area (Å²) in [5.74, 6) is 0. The second kappa shape index (κ2) is 6.25. The Kier molecular flexibility index (Phi) is 6.13. The minimum Gasteiger partial charge on any atom is -0.394 e. The van der Waals surface area contributed by atoms with Crippen LogP contribution in [0.4, 0.5) is 0 Å². The SMILES string of the molecule is CNCC(O)[C@@H](O)C(O)[C@H](O)CO. The summed E-state index contributed by atoms with van der Waals surface area (Å²) in [6.45, 7) is -0.569. The standard InChI is InChI=1S/C7H17NO5/c1-8-2-4(10)6(12)7(13)5(11)3-9/h4-13H,2-3H2,1H3/t4?,5-,6-,7?/m1/s1. The molecule has 0 fully saturated rings. The van der Waals surface area contributed by atoms with Gasteiger partial charge in [-0.3, -0.25) is 0 Å². The van der Waals surface area contributed by atoms with E-state index < -0.39 is 31.0 Å². The first kappa shape index (κ1) is 12.8. The van der Waals surface area contributed by atoms with Crippen molar-refractivity contribution in [3.63, 3.8) is 0 Å². The van der Waals surface area contributed by atoms with Crippen LogP contribution in [-0.4, -0.2) is 70.1 Å². The maximum absolute atomic E-state index is 9.21. The molecule has 0 aliphatic rings. The molecule has 0 rings (SSSR count). The first-order chi connectivity index (χ1) is 6.04. The maximum Gasteiger partial charge on any atom is 0.111 e. The monoisotopic (exact) mass is 195 g/mol. The fourth-order valence-corrected chi connectivity index (χ4v) is 0.893. The van der Waals surface area contributed by atoms with Crippen LogP contribution in [0.3, 0.4) is 0 Å². The zero-order valence-electron chi connectivity index (χ0n) is 7.46. The fourth-order valence-electron chi connectivity index (χ4n) is 0.893. The second-order valence-electron chi connectivity index (χ2n) is 2.86. The van der Waals surface area contributed by atoms with E-state index in [1.54, 1.807) is 7.05 Å². The third-order valence-electron chi connectivity index (χ3n) is 1.74. The van der Waals surface area contributed by atoms with Crippen molar-refractivity contribution < 1.29 is 25.5 Å². The lowest BCUT2D eigenvalue weighted by Gasteiger charge is -2.25. The van der Waals surface area contributed by atoms with Gasteiger partial charge in [0.2, 0.25) is 0 Å². The molecule has 6 N–H and O–H groups in total. The van der Waals surface area contributed by atoms with Crippen LogP contribution in [0.25, 0.3) is 0 Å². The molecule has 0 heterocycles. The average molecular weight is 195 g/mol. The summed E-state index contributed by atoms with van der Waals surface area (Å²) in [7, 11) is 1.57. The van der Waals surface area contributed by atoms with Crippen LogP contribution in [0.2, 0.25) is 0 Å². The molecule has 4 atom stereocenters. The minimum absolute atomic E-state index is 0.0936. The number of hydrogen-bond donors (Lipinski definition) is 6. The van der Waals surface area contributed by atoms with Crippen molar-refractivity contribution in [3.8, 4) is 0 Å². The van der Waals surface area contributed by atoms with Crippen LogP contribution in [0.1, 0.15) is 0 Å². The number of hydrogen-bond acceptors (Lipinski definition) is 6. The Labute approximate surface area is 76.4 Å². The van der Waals surface area contributed by atoms with Crippen LogP contribution in [-0.2, 0) is 0 Å². The predicted molar refractivity (Wildman–Crippen MR) is 45.0 cm³/mol. The van der Waals surface area contributed by atoms with E-state index in [9.17, 15) is 5.11 Å². The van der Waals surface area contributed by atoms with E-state index in [0.29, 0.717) is 0 Å². The van der Waals surface area contributed by atoms with Crippen LogP contribution < -0.4 is 5.32 Å². The Morgan fingerprint density at radius 3 is 1.85 bits per heavy atom. The summed E-state index contributed by atoms with van der Waals surface area (Å²) < 4.78 is 0. The summed E-state index contributed by atoms with van der Waals surface area (Å²) in [6, 6.07) is 0. The molecule has 2 unspecified atom stereocenters. The van der Waals surface area contributed by atoms with Crippen LogP contribution in [0, 0.1) is 0 Å². The van der Waals surface area contributed by atoms with Crippen molar-refractivity contribution in [1.29, 1.82) is 0 Å². The molecule has 0 aromatic rings. The molecule has 0 spiro atoms. The Morgan fingerprint density at radius 2 is 1.46 bits per heavy atom. The summed E-state index contributed by atoms with van der Waals surface area (Å²) in [5.41, 5.74) is 0. The number of rotatable bonds is 6. The number of aliphatic hydroxyl groups is 5. The molecule has 80 valence electrons. The zero-order chi connectivity index (χ0) is 10.4. The van der Waals surface area contributed by atoms with E-state index in [1.165, 1.54) is 0 Å². The molecule has 0 saturated heterocycles. The third-order valence-corrected chi connectivity index (χ3v) is 1.74. The molecule has 0 radical (unpaired) electrons. The van der Waals surface area contributed by atoms with Gasteiger partial charge in [0.15, 0.2) is 0 Å². The summed E-state index contributed by atoms with van der Waals surface area (Å²) in [6.07, 6.45) is -5.65. The average Bonchev–Trinajstić information content (AvgIpc) is 2.14. The van der Waals surface area contributed by atoms with Crippen LogP contribution in [0.15, 0.2) is 0 Å². The van der Waals surface area contributed by atoms with E-state index >= 15 is 0 Å². The third kappa shape index (κ3) is 3.99. The topological polar surface area (TPSA) is 113 Å². The van der Waals surface area contributed by atoms with Crippen molar-refractivity contribution in [2.75, 3.05) is 20.2 Å². The summed E-state index contributed by atoms with van der Waals surface area (Å²) in [4.78, 5) is 0. The Hall–Kier alpha value is -0.240. The maximum atomic E-state index is 9.21. The van der Waals surface area contributed by atoms with E-state index in [4.69, 9.17) is 20.4 Å². The molecule has 0 amide bonds. The molecule has 6 heteroatoms. The molecular weight excluding hydrogens is 178 g/mol. The van der Waals surface area contributed by atoms with Crippen molar-refractivity contribution >= 4 is 0 Å². The van der Waals surface area contributed by atoms with Gasteiger partial charge in [-0.2, -0.15) is 0 Å². The predicted octanol–water partition coefficient (Wildman–Crippen LogP) is -3.36. The summed E-state index contributed by atoms with van der Waals surface area (Å²) >= 11 is 0. The molecule has 0 saturated carbocycles. The van der Waals surface area contributed by atoms with Crippen LogP contribution in [0.5, 0.6) is 0 Å². The normalized spacial score (nSPS) is 20.8. The van der Waals surface area contributed by atoms with Crippen molar-refractivity contribution in [2.45, 2.75) is 24.4 Å². The minimum atomic E-state index is -1.55. The molecule has 0 aromatic heterocycles. The van der Waals surface area contributed by atoms with Gasteiger partial charge in [-0.15, -0.1) is 0 Å². The second-order valence-corrected chi connectivity index (χ2v) is 2.86. The highest BCUT2D eigenvalue weighted by molar-refractivity contribution is 4.81. The van der Waals surface area contributed by atoms with Crippen molar-refractivity contribution in [3.05, 3.63) is 0 Å². The molecule has 0 aromatic carbocycles. The van der Waals surface area contributed by atoms with Gasteiger partial charge in [0.1, 0.15) is 18.3 Å². The van der Waals surface area contributed by atoms with E-state index in [1.807, 2.05) is 0 Å².